The third kappa shape index (κ3) is 2.98. The van der Waals surface area contributed by atoms with E-state index in [1.807, 2.05) is 0 Å². The van der Waals surface area contributed by atoms with E-state index in [1.54, 1.807) is 24.3 Å². The van der Waals surface area contributed by atoms with Crippen molar-refractivity contribution >= 4 is 52.3 Å². The summed E-state index contributed by atoms with van der Waals surface area (Å²) in [5, 5.41) is 1.29. The second kappa shape index (κ2) is 5.59. The van der Waals surface area contributed by atoms with E-state index in [-0.39, 0.29) is 5.02 Å². The van der Waals surface area contributed by atoms with Crippen LogP contribution < -0.4 is 5.73 Å². The predicted molar refractivity (Wildman–Crippen MR) is 80.4 cm³/mol. The van der Waals surface area contributed by atoms with Gasteiger partial charge in [-0.2, -0.15) is 0 Å². The van der Waals surface area contributed by atoms with Crippen LogP contribution in [0.2, 0.25) is 20.1 Å². The number of hydrogen-bond acceptors (Lipinski definition) is 1. The maximum absolute atomic E-state index is 11.2. The van der Waals surface area contributed by atoms with Gasteiger partial charge in [0.25, 0.3) is 0 Å². The van der Waals surface area contributed by atoms with Crippen LogP contribution in [0, 0.1) is 0 Å². The van der Waals surface area contributed by atoms with E-state index < -0.39 is 5.91 Å². The summed E-state index contributed by atoms with van der Waals surface area (Å²) >= 11 is 24.0. The molecule has 2 rings (SSSR count). The van der Waals surface area contributed by atoms with Crippen LogP contribution in [0.15, 0.2) is 30.3 Å². The third-order valence-corrected chi connectivity index (χ3v) is 4.04. The normalized spacial score (nSPS) is 10.5. The Labute approximate surface area is 130 Å². The van der Waals surface area contributed by atoms with Gasteiger partial charge in [-0.1, -0.05) is 52.5 Å². The molecule has 19 heavy (non-hydrogen) atoms. The van der Waals surface area contributed by atoms with Gasteiger partial charge in [0.05, 0.1) is 15.1 Å². The van der Waals surface area contributed by atoms with Gasteiger partial charge in [0.2, 0.25) is 5.91 Å². The number of rotatable bonds is 2. The third-order valence-electron chi connectivity index (χ3n) is 2.53. The Bertz CT molecular complexity index is 670. The summed E-state index contributed by atoms with van der Waals surface area (Å²) in [6, 6.07) is 8.07. The summed E-state index contributed by atoms with van der Waals surface area (Å²) in [5.74, 6) is -0.570. The quantitative estimate of drug-likeness (QED) is 0.766. The molecule has 0 spiro atoms. The van der Waals surface area contributed by atoms with E-state index in [2.05, 4.69) is 0 Å². The molecular formula is C13H7Cl4NO. The van der Waals surface area contributed by atoms with Gasteiger partial charge in [0.15, 0.2) is 0 Å². The average molecular weight is 335 g/mol. The monoisotopic (exact) mass is 333 g/mol. The molecule has 2 N–H and O–H groups in total. The van der Waals surface area contributed by atoms with Crippen LogP contribution in [0.4, 0.5) is 0 Å². The number of benzene rings is 2. The van der Waals surface area contributed by atoms with Crippen LogP contribution in [-0.2, 0) is 0 Å². The summed E-state index contributed by atoms with van der Waals surface area (Å²) < 4.78 is 0. The van der Waals surface area contributed by atoms with Crippen LogP contribution in [0.1, 0.15) is 10.4 Å². The molecule has 0 bridgehead atoms. The van der Waals surface area contributed by atoms with Crippen molar-refractivity contribution in [2.75, 3.05) is 0 Å². The molecule has 2 nitrogen and oxygen atoms in total. The predicted octanol–water partition coefficient (Wildman–Crippen LogP) is 5.07. The number of amides is 1. The van der Waals surface area contributed by atoms with E-state index in [0.29, 0.717) is 31.8 Å². The molecule has 0 radical (unpaired) electrons. The molecule has 0 saturated carbocycles. The van der Waals surface area contributed by atoms with Crippen molar-refractivity contribution in [1.29, 1.82) is 0 Å². The van der Waals surface area contributed by atoms with Crippen LogP contribution in [-0.4, -0.2) is 5.91 Å². The molecule has 0 aliphatic rings. The number of halogens is 4. The first-order valence-corrected chi connectivity index (χ1v) is 6.65. The molecule has 2 aromatic carbocycles. The highest BCUT2D eigenvalue weighted by molar-refractivity contribution is 6.49. The van der Waals surface area contributed by atoms with Gasteiger partial charge >= 0.3 is 0 Å². The molecule has 0 atom stereocenters. The van der Waals surface area contributed by atoms with Crippen LogP contribution in [0.25, 0.3) is 11.1 Å². The first-order chi connectivity index (χ1) is 8.90. The lowest BCUT2D eigenvalue weighted by molar-refractivity contribution is 0.100. The topological polar surface area (TPSA) is 43.1 Å². The lowest BCUT2D eigenvalue weighted by atomic mass is 10.0. The highest BCUT2D eigenvalue weighted by Crippen LogP contribution is 2.38. The van der Waals surface area contributed by atoms with Gasteiger partial charge in [0, 0.05) is 16.1 Å². The van der Waals surface area contributed by atoms with E-state index in [1.165, 1.54) is 6.07 Å². The first kappa shape index (κ1) is 14.5. The van der Waals surface area contributed by atoms with Crippen LogP contribution in [0.3, 0.4) is 0 Å². The second-order valence-electron chi connectivity index (χ2n) is 3.82. The molecule has 6 heteroatoms. The molecule has 2 aromatic rings. The Kier molecular flexibility index (Phi) is 4.26. The lowest BCUT2D eigenvalue weighted by Gasteiger charge is -2.09. The molecule has 0 aliphatic carbocycles. The minimum absolute atomic E-state index is 0.251. The van der Waals surface area contributed by atoms with E-state index >= 15 is 0 Å². The zero-order valence-electron chi connectivity index (χ0n) is 9.38. The summed E-state index contributed by atoms with van der Waals surface area (Å²) in [7, 11) is 0. The van der Waals surface area contributed by atoms with E-state index in [9.17, 15) is 4.79 Å². The van der Waals surface area contributed by atoms with Crippen LogP contribution >= 0.6 is 46.4 Å². The highest BCUT2D eigenvalue weighted by atomic mass is 35.5. The Morgan fingerprint density at radius 2 is 1.63 bits per heavy atom. The molecule has 0 fully saturated rings. The fourth-order valence-corrected chi connectivity index (χ4v) is 2.52. The summed E-state index contributed by atoms with van der Waals surface area (Å²) in [5.41, 5.74) is 6.81. The summed E-state index contributed by atoms with van der Waals surface area (Å²) in [4.78, 5) is 11.2. The number of primary amides is 1. The highest BCUT2D eigenvalue weighted by Gasteiger charge is 2.13. The molecule has 0 heterocycles. The molecule has 1 amide bonds. The number of carbonyl (C=O) groups excluding carboxylic acids is 1. The van der Waals surface area contributed by atoms with Gasteiger partial charge in [-0.25, -0.2) is 0 Å². The van der Waals surface area contributed by atoms with Crippen molar-refractivity contribution in [2.24, 2.45) is 5.73 Å². The van der Waals surface area contributed by atoms with E-state index in [0.717, 1.165) is 0 Å². The Morgan fingerprint density at radius 3 is 2.26 bits per heavy atom. The number of hydrogen-bond donors (Lipinski definition) is 1. The summed E-state index contributed by atoms with van der Waals surface area (Å²) in [6.45, 7) is 0. The van der Waals surface area contributed by atoms with Crippen molar-refractivity contribution in [1.82, 2.24) is 0 Å². The molecule has 0 aliphatic heterocycles. The Hall–Kier alpha value is -0.930. The molecule has 0 aromatic heterocycles. The molecule has 0 unspecified atom stereocenters. The SMILES string of the molecule is NC(=O)c1cc(Cl)cc(-c2ccc(Cl)c(Cl)c2Cl)c1. The number of carbonyl (C=O) groups is 1. The Morgan fingerprint density at radius 1 is 0.947 bits per heavy atom. The molecular weight excluding hydrogens is 328 g/mol. The smallest absolute Gasteiger partial charge is 0.248 e. The number of nitrogens with two attached hydrogens (primary N) is 1. The Balaban J connectivity index is 2.65. The zero-order valence-corrected chi connectivity index (χ0v) is 12.4. The average Bonchev–Trinajstić information content (AvgIpc) is 2.35. The standard InChI is InChI=1S/C13H7Cl4NO/c14-8-4-6(3-7(5-8)13(18)19)9-1-2-10(15)12(17)11(9)16/h1-5H,(H2,18,19). The fourth-order valence-electron chi connectivity index (χ4n) is 1.64. The summed E-state index contributed by atoms with van der Waals surface area (Å²) in [6.07, 6.45) is 0. The van der Waals surface area contributed by atoms with Crippen molar-refractivity contribution in [2.45, 2.75) is 0 Å². The first-order valence-electron chi connectivity index (χ1n) is 5.14. The maximum atomic E-state index is 11.2. The van der Waals surface area contributed by atoms with Crippen LogP contribution in [0.5, 0.6) is 0 Å². The fraction of sp³-hybridized carbons (Fsp3) is 0. The van der Waals surface area contributed by atoms with Gasteiger partial charge in [-0.05, 0) is 29.8 Å². The minimum Gasteiger partial charge on any atom is -0.366 e. The van der Waals surface area contributed by atoms with Gasteiger partial charge in [-0.15, -0.1) is 0 Å². The van der Waals surface area contributed by atoms with Gasteiger partial charge < -0.3 is 5.73 Å². The van der Waals surface area contributed by atoms with Crippen molar-refractivity contribution in [3.05, 3.63) is 56.0 Å². The van der Waals surface area contributed by atoms with Crippen molar-refractivity contribution < 1.29 is 4.79 Å². The van der Waals surface area contributed by atoms with Crippen molar-refractivity contribution in [3.8, 4) is 11.1 Å². The van der Waals surface area contributed by atoms with Crippen molar-refractivity contribution in [3.63, 3.8) is 0 Å². The zero-order chi connectivity index (χ0) is 14.2. The van der Waals surface area contributed by atoms with Gasteiger partial charge in [0.1, 0.15) is 0 Å². The lowest BCUT2D eigenvalue weighted by Crippen LogP contribution is -2.10. The largest absolute Gasteiger partial charge is 0.366 e. The van der Waals surface area contributed by atoms with Gasteiger partial charge in [-0.3, -0.25) is 4.79 Å². The second-order valence-corrected chi connectivity index (χ2v) is 5.42. The maximum Gasteiger partial charge on any atom is 0.248 e. The van der Waals surface area contributed by atoms with E-state index in [4.69, 9.17) is 52.1 Å². The molecule has 98 valence electrons. The minimum atomic E-state index is -0.570. The molecule has 0 saturated heterocycles.